The van der Waals surface area contributed by atoms with Crippen LogP contribution in [0.2, 0.25) is 0 Å². The number of aryl methyl sites for hydroxylation is 3. The Morgan fingerprint density at radius 1 is 1.04 bits per heavy atom. The molecule has 0 unspecified atom stereocenters. The monoisotopic (exact) mass is 368 g/mol. The van der Waals surface area contributed by atoms with Crippen LogP contribution in [0.5, 0.6) is 11.5 Å². The van der Waals surface area contributed by atoms with Crippen molar-refractivity contribution in [3.63, 3.8) is 0 Å². The Balaban J connectivity index is 1.64. The minimum atomic E-state index is -0.0315. The predicted molar refractivity (Wildman–Crippen MR) is 108 cm³/mol. The maximum absolute atomic E-state index is 12.5. The van der Waals surface area contributed by atoms with E-state index in [1.54, 1.807) is 0 Å². The summed E-state index contributed by atoms with van der Waals surface area (Å²) in [6, 6.07) is 9.89. The fourth-order valence-corrected chi connectivity index (χ4v) is 3.49. The van der Waals surface area contributed by atoms with Gasteiger partial charge in [0.2, 0.25) is 5.91 Å². The second-order valence-corrected chi connectivity index (χ2v) is 7.09. The van der Waals surface area contributed by atoms with Crippen molar-refractivity contribution in [2.45, 2.75) is 34.2 Å². The third kappa shape index (κ3) is 4.80. The summed E-state index contributed by atoms with van der Waals surface area (Å²) >= 11 is 0. The molecule has 3 rings (SSSR count). The number of carbonyl (C=O) groups excluding carboxylic acids is 1. The third-order valence-corrected chi connectivity index (χ3v) is 4.86. The lowest BCUT2D eigenvalue weighted by molar-refractivity contribution is -0.117. The van der Waals surface area contributed by atoms with Gasteiger partial charge < -0.3 is 14.8 Å². The quantitative estimate of drug-likeness (QED) is 0.842. The maximum Gasteiger partial charge on any atom is 0.238 e. The molecule has 1 aliphatic rings. The van der Waals surface area contributed by atoms with Gasteiger partial charge in [-0.3, -0.25) is 9.69 Å². The van der Waals surface area contributed by atoms with Crippen molar-refractivity contribution in [2.75, 3.05) is 31.6 Å². The van der Waals surface area contributed by atoms with Crippen LogP contribution in [-0.2, 0) is 11.3 Å². The lowest BCUT2D eigenvalue weighted by Crippen LogP contribution is -2.33. The Hall–Kier alpha value is -2.53. The smallest absolute Gasteiger partial charge is 0.238 e. The van der Waals surface area contributed by atoms with Crippen molar-refractivity contribution < 1.29 is 14.3 Å². The number of fused-ring (bicyclic) bond motifs is 1. The second-order valence-electron chi connectivity index (χ2n) is 7.09. The number of carbonyl (C=O) groups is 1. The van der Waals surface area contributed by atoms with Crippen LogP contribution in [0, 0.1) is 20.8 Å². The van der Waals surface area contributed by atoms with Crippen molar-refractivity contribution in [1.82, 2.24) is 4.90 Å². The molecule has 0 spiro atoms. The summed E-state index contributed by atoms with van der Waals surface area (Å²) in [6.07, 6.45) is 0. The van der Waals surface area contributed by atoms with Gasteiger partial charge >= 0.3 is 0 Å². The van der Waals surface area contributed by atoms with Gasteiger partial charge in [-0.1, -0.05) is 24.6 Å². The third-order valence-electron chi connectivity index (χ3n) is 4.86. The number of rotatable bonds is 6. The van der Waals surface area contributed by atoms with Gasteiger partial charge in [0.15, 0.2) is 11.5 Å². The maximum atomic E-state index is 12.5. The van der Waals surface area contributed by atoms with E-state index in [4.69, 9.17) is 9.47 Å². The first kappa shape index (κ1) is 19.2. The Labute approximate surface area is 161 Å². The zero-order valence-electron chi connectivity index (χ0n) is 16.6. The molecule has 5 nitrogen and oxygen atoms in total. The van der Waals surface area contributed by atoms with E-state index in [9.17, 15) is 4.79 Å². The number of amides is 1. The molecule has 0 saturated heterocycles. The zero-order chi connectivity index (χ0) is 19.4. The van der Waals surface area contributed by atoms with Gasteiger partial charge in [0.1, 0.15) is 13.2 Å². The Morgan fingerprint density at radius 2 is 1.70 bits per heavy atom. The molecule has 27 heavy (non-hydrogen) atoms. The molecule has 0 radical (unpaired) electrons. The largest absolute Gasteiger partial charge is 0.486 e. The van der Waals surface area contributed by atoms with E-state index < -0.39 is 0 Å². The molecule has 0 fully saturated rings. The normalized spacial score (nSPS) is 12.9. The summed E-state index contributed by atoms with van der Waals surface area (Å²) < 4.78 is 11.1. The van der Waals surface area contributed by atoms with Crippen LogP contribution in [0.1, 0.15) is 29.2 Å². The van der Waals surface area contributed by atoms with E-state index in [-0.39, 0.29) is 5.91 Å². The molecular weight excluding hydrogens is 340 g/mol. The molecular formula is C22H28N2O3. The van der Waals surface area contributed by atoms with Crippen LogP contribution in [0.25, 0.3) is 0 Å². The summed E-state index contributed by atoms with van der Waals surface area (Å²) in [5.41, 5.74) is 5.85. The number of nitrogens with one attached hydrogen (secondary N) is 1. The molecule has 1 N–H and O–H groups in total. The first-order valence-electron chi connectivity index (χ1n) is 9.45. The number of nitrogens with zero attached hydrogens (tertiary/aromatic N) is 1. The highest BCUT2D eigenvalue weighted by molar-refractivity contribution is 5.92. The number of ether oxygens (including phenoxy) is 2. The SMILES string of the molecule is CCN(CC(=O)Nc1ccc2c(c1)OCCO2)Cc1c(C)cc(C)cc1C. The molecule has 0 bridgehead atoms. The summed E-state index contributed by atoms with van der Waals surface area (Å²) in [7, 11) is 0. The lowest BCUT2D eigenvalue weighted by atomic mass is 9.99. The number of anilines is 1. The fraction of sp³-hybridized carbons (Fsp3) is 0.409. The van der Waals surface area contributed by atoms with Gasteiger partial charge in [-0.2, -0.15) is 0 Å². The van der Waals surface area contributed by atoms with Crippen LogP contribution >= 0.6 is 0 Å². The number of hydrogen-bond donors (Lipinski definition) is 1. The van der Waals surface area contributed by atoms with Gasteiger partial charge in [0.25, 0.3) is 0 Å². The van der Waals surface area contributed by atoms with Crippen LogP contribution in [0.4, 0.5) is 5.69 Å². The van der Waals surface area contributed by atoms with E-state index in [0.717, 1.165) is 24.5 Å². The second kappa shape index (κ2) is 8.44. The van der Waals surface area contributed by atoms with E-state index in [2.05, 4.69) is 50.0 Å². The lowest BCUT2D eigenvalue weighted by Gasteiger charge is -2.23. The van der Waals surface area contributed by atoms with Gasteiger partial charge in [0, 0.05) is 18.3 Å². The Morgan fingerprint density at radius 3 is 2.37 bits per heavy atom. The molecule has 0 aromatic heterocycles. The average Bonchev–Trinajstić information content (AvgIpc) is 2.63. The van der Waals surface area contributed by atoms with Gasteiger partial charge in [-0.15, -0.1) is 0 Å². The van der Waals surface area contributed by atoms with Gasteiger partial charge in [0.05, 0.1) is 6.54 Å². The molecule has 1 amide bonds. The summed E-state index contributed by atoms with van der Waals surface area (Å²) in [4.78, 5) is 14.7. The summed E-state index contributed by atoms with van der Waals surface area (Å²) in [5.74, 6) is 1.37. The number of benzene rings is 2. The first-order valence-corrected chi connectivity index (χ1v) is 9.45. The zero-order valence-corrected chi connectivity index (χ0v) is 16.6. The Kier molecular flexibility index (Phi) is 6.01. The first-order chi connectivity index (χ1) is 13.0. The van der Waals surface area contributed by atoms with Crippen LogP contribution in [0.15, 0.2) is 30.3 Å². The minimum absolute atomic E-state index is 0.0315. The topological polar surface area (TPSA) is 50.8 Å². The molecule has 2 aromatic carbocycles. The van der Waals surface area contributed by atoms with E-state index in [1.807, 2.05) is 18.2 Å². The Bertz CT molecular complexity index is 809. The van der Waals surface area contributed by atoms with E-state index in [0.29, 0.717) is 25.5 Å². The van der Waals surface area contributed by atoms with E-state index >= 15 is 0 Å². The predicted octanol–water partition coefficient (Wildman–Crippen LogP) is 3.84. The van der Waals surface area contributed by atoms with Crippen molar-refractivity contribution >= 4 is 11.6 Å². The van der Waals surface area contributed by atoms with Crippen molar-refractivity contribution in [3.05, 3.63) is 52.6 Å². The highest BCUT2D eigenvalue weighted by Crippen LogP contribution is 2.32. The molecule has 144 valence electrons. The molecule has 1 aliphatic heterocycles. The van der Waals surface area contributed by atoms with Crippen molar-refractivity contribution in [1.29, 1.82) is 0 Å². The number of hydrogen-bond acceptors (Lipinski definition) is 4. The highest BCUT2D eigenvalue weighted by atomic mass is 16.6. The number of likely N-dealkylation sites (N-methyl/N-ethyl adjacent to an activating group) is 1. The van der Waals surface area contributed by atoms with Crippen LogP contribution < -0.4 is 14.8 Å². The van der Waals surface area contributed by atoms with Gasteiger partial charge in [-0.05, 0) is 56.1 Å². The van der Waals surface area contributed by atoms with Crippen molar-refractivity contribution in [3.8, 4) is 11.5 Å². The molecule has 0 aliphatic carbocycles. The van der Waals surface area contributed by atoms with Crippen LogP contribution in [0.3, 0.4) is 0 Å². The average molecular weight is 368 g/mol. The van der Waals surface area contributed by atoms with Crippen LogP contribution in [-0.4, -0.2) is 37.1 Å². The molecule has 0 saturated carbocycles. The molecule has 1 heterocycles. The summed E-state index contributed by atoms with van der Waals surface area (Å²) in [5, 5.41) is 2.96. The summed E-state index contributed by atoms with van der Waals surface area (Å²) in [6.45, 7) is 11.5. The van der Waals surface area contributed by atoms with Crippen molar-refractivity contribution in [2.24, 2.45) is 0 Å². The molecule has 5 heteroatoms. The van der Waals surface area contributed by atoms with Gasteiger partial charge in [-0.25, -0.2) is 0 Å². The fourth-order valence-electron chi connectivity index (χ4n) is 3.49. The molecule has 2 aromatic rings. The van der Waals surface area contributed by atoms with E-state index in [1.165, 1.54) is 22.3 Å². The highest BCUT2D eigenvalue weighted by Gasteiger charge is 2.15. The standard InChI is InChI=1S/C22H28N2O3/c1-5-24(13-19-16(3)10-15(2)11-17(19)4)14-22(25)23-18-6-7-20-21(12-18)27-9-8-26-20/h6-7,10-12H,5,8-9,13-14H2,1-4H3,(H,23,25). The minimum Gasteiger partial charge on any atom is -0.486 e. The molecule has 0 atom stereocenters.